The number of aromatic nitrogens is 1. The molecule has 1 N–H and O–H groups in total. The summed E-state index contributed by atoms with van der Waals surface area (Å²) in [5, 5.41) is 5.09. The Hall–Kier alpha value is -3.21. The number of carbonyl (C=O) groups is 2. The van der Waals surface area contributed by atoms with E-state index in [0.717, 1.165) is 22.2 Å². The van der Waals surface area contributed by atoms with Crippen LogP contribution in [0.5, 0.6) is 0 Å². The van der Waals surface area contributed by atoms with Crippen LogP contribution in [0.15, 0.2) is 66.9 Å². The van der Waals surface area contributed by atoms with Crippen molar-refractivity contribution in [2.75, 3.05) is 11.4 Å². The highest BCUT2D eigenvalue weighted by Crippen LogP contribution is 2.31. The highest BCUT2D eigenvalue weighted by Gasteiger charge is 2.36. The topological polar surface area (TPSA) is 62.3 Å². The minimum atomic E-state index is -0.359. The van der Waals surface area contributed by atoms with Crippen molar-refractivity contribution in [3.8, 4) is 0 Å². The quantitative estimate of drug-likeness (QED) is 0.776. The molecule has 4 rings (SSSR count). The highest BCUT2D eigenvalue weighted by molar-refractivity contribution is 6.07. The van der Waals surface area contributed by atoms with Gasteiger partial charge in [-0.2, -0.15) is 0 Å². The van der Waals surface area contributed by atoms with Crippen LogP contribution < -0.4 is 10.2 Å². The van der Waals surface area contributed by atoms with Crippen LogP contribution in [0.3, 0.4) is 0 Å². The van der Waals surface area contributed by atoms with Crippen molar-refractivity contribution in [1.82, 2.24) is 10.3 Å². The van der Waals surface area contributed by atoms with E-state index in [1.54, 1.807) is 11.1 Å². The SMILES string of the molecule is CC(NC(=O)C1CC(=O)N(c2cccc3ccccc23)C1)c1ccccn1. The Morgan fingerprint density at radius 2 is 1.89 bits per heavy atom. The van der Waals surface area contributed by atoms with Gasteiger partial charge in [-0.3, -0.25) is 14.6 Å². The second-order valence-corrected chi connectivity index (χ2v) is 6.89. The van der Waals surface area contributed by atoms with Gasteiger partial charge in [0.1, 0.15) is 0 Å². The average Bonchev–Trinajstić information content (AvgIpc) is 3.10. The van der Waals surface area contributed by atoms with E-state index >= 15 is 0 Å². The molecule has 1 saturated heterocycles. The van der Waals surface area contributed by atoms with Gasteiger partial charge in [-0.1, -0.05) is 42.5 Å². The fourth-order valence-corrected chi connectivity index (χ4v) is 3.60. The zero-order valence-electron chi connectivity index (χ0n) is 15.1. The molecule has 2 heterocycles. The molecular formula is C22H21N3O2. The van der Waals surface area contributed by atoms with Gasteiger partial charge >= 0.3 is 0 Å². The summed E-state index contributed by atoms with van der Waals surface area (Å²) < 4.78 is 0. The first kappa shape index (κ1) is 17.2. The van der Waals surface area contributed by atoms with Crippen molar-refractivity contribution in [1.29, 1.82) is 0 Å². The number of hydrogen-bond acceptors (Lipinski definition) is 3. The predicted octanol–water partition coefficient (Wildman–Crippen LogP) is 3.47. The molecule has 1 aliphatic rings. The first-order valence-electron chi connectivity index (χ1n) is 9.13. The lowest BCUT2D eigenvalue weighted by atomic mass is 10.1. The van der Waals surface area contributed by atoms with Crippen LogP contribution in [0, 0.1) is 5.92 Å². The lowest BCUT2D eigenvalue weighted by Crippen LogP contribution is -2.34. The van der Waals surface area contributed by atoms with Crippen LogP contribution in [-0.2, 0) is 9.59 Å². The molecule has 0 saturated carbocycles. The van der Waals surface area contributed by atoms with Gasteiger partial charge in [0.25, 0.3) is 0 Å². The number of carbonyl (C=O) groups excluding carboxylic acids is 2. The van der Waals surface area contributed by atoms with E-state index in [0.29, 0.717) is 6.54 Å². The number of nitrogens with zero attached hydrogens (tertiary/aromatic N) is 2. The maximum absolute atomic E-state index is 12.7. The fourth-order valence-electron chi connectivity index (χ4n) is 3.60. The average molecular weight is 359 g/mol. The van der Waals surface area contributed by atoms with Gasteiger partial charge in [-0.05, 0) is 30.5 Å². The molecule has 3 aromatic rings. The zero-order chi connectivity index (χ0) is 18.8. The lowest BCUT2D eigenvalue weighted by Gasteiger charge is -2.20. The normalized spacial score (nSPS) is 17.9. The monoisotopic (exact) mass is 359 g/mol. The van der Waals surface area contributed by atoms with E-state index in [-0.39, 0.29) is 30.2 Å². The van der Waals surface area contributed by atoms with Crippen LogP contribution in [0.25, 0.3) is 10.8 Å². The van der Waals surface area contributed by atoms with Crippen molar-refractivity contribution in [3.05, 3.63) is 72.6 Å². The summed E-state index contributed by atoms with van der Waals surface area (Å²) in [5.41, 5.74) is 1.67. The maximum Gasteiger partial charge on any atom is 0.227 e. The molecule has 1 aromatic heterocycles. The number of pyridine rings is 1. The Bertz CT molecular complexity index is 982. The van der Waals surface area contributed by atoms with E-state index in [1.165, 1.54) is 0 Å². The molecule has 2 amide bonds. The number of nitrogens with one attached hydrogen (secondary N) is 1. The summed E-state index contributed by atoms with van der Waals surface area (Å²) in [7, 11) is 0. The van der Waals surface area contributed by atoms with Gasteiger partial charge in [-0.15, -0.1) is 0 Å². The van der Waals surface area contributed by atoms with Crippen molar-refractivity contribution in [3.63, 3.8) is 0 Å². The van der Waals surface area contributed by atoms with Crippen LogP contribution in [-0.4, -0.2) is 23.3 Å². The Morgan fingerprint density at radius 3 is 2.70 bits per heavy atom. The van der Waals surface area contributed by atoms with Gasteiger partial charge in [0.15, 0.2) is 0 Å². The van der Waals surface area contributed by atoms with Gasteiger partial charge in [0, 0.05) is 24.5 Å². The van der Waals surface area contributed by atoms with Crippen LogP contribution in [0.1, 0.15) is 25.1 Å². The molecule has 0 radical (unpaired) electrons. The number of benzene rings is 2. The van der Waals surface area contributed by atoms with E-state index in [1.807, 2.05) is 67.6 Å². The molecule has 2 atom stereocenters. The van der Waals surface area contributed by atoms with Crippen molar-refractivity contribution >= 4 is 28.3 Å². The third-order valence-electron chi connectivity index (χ3n) is 5.04. The molecule has 1 fully saturated rings. The zero-order valence-corrected chi connectivity index (χ0v) is 15.1. The van der Waals surface area contributed by atoms with Crippen LogP contribution in [0.2, 0.25) is 0 Å². The first-order valence-corrected chi connectivity index (χ1v) is 9.13. The Kier molecular flexibility index (Phi) is 4.59. The Balaban J connectivity index is 1.51. The Labute approximate surface area is 158 Å². The number of fused-ring (bicyclic) bond motifs is 1. The van der Waals surface area contributed by atoms with Crippen LogP contribution >= 0.6 is 0 Å². The third-order valence-corrected chi connectivity index (χ3v) is 5.04. The van der Waals surface area contributed by atoms with Crippen molar-refractivity contribution < 1.29 is 9.59 Å². The summed E-state index contributed by atoms with van der Waals surface area (Å²) >= 11 is 0. The maximum atomic E-state index is 12.7. The number of amides is 2. The summed E-state index contributed by atoms with van der Waals surface area (Å²) in [6.45, 7) is 2.30. The lowest BCUT2D eigenvalue weighted by molar-refractivity contribution is -0.126. The molecule has 5 nitrogen and oxygen atoms in total. The molecule has 2 unspecified atom stereocenters. The molecule has 27 heavy (non-hydrogen) atoms. The van der Waals surface area contributed by atoms with Crippen molar-refractivity contribution in [2.24, 2.45) is 5.92 Å². The summed E-state index contributed by atoms with van der Waals surface area (Å²) in [5.74, 6) is -0.483. The summed E-state index contributed by atoms with van der Waals surface area (Å²) in [4.78, 5) is 31.3. The number of hydrogen-bond donors (Lipinski definition) is 1. The molecule has 2 aromatic carbocycles. The molecule has 1 aliphatic heterocycles. The summed E-state index contributed by atoms with van der Waals surface area (Å²) in [6, 6.07) is 19.3. The fraction of sp³-hybridized carbons (Fsp3) is 0.227. The van der Waals surface area contributed by atoms with Crippen LogP contribution in [0.4, 0.5) is 5.69 Å². The second-order valence-electron chi connectivity index (χ2n) is 6.89. The minimum absolute atomic E-state index is 0.0167. The smallest absolute Gasteiger partial charge is 0.227 e. The number of rotatable bonds is 4. The Morgan fingerprint density at radius 1 is 1.11 bits per heavy atom. The van der Waals surface area contributed by atoms with E-state index < -0.39 is 0 Å². The molecule has 0 aliphatic carbocycles. The van der Waals surface area contributed by atoms with Gasteiger partial charge in [-0.25, -0.2) is 0 Å². The van der Waals surface area contributed by atoms with E-state index in [9.17, 15) is 9.59 Å². The molecule has 136 valence electrons. The minimum Gasteiger partial charge on any atom is -0.348 e. The second kappa shape index (κ2) is 7.19. The van der Waals surface area contributed by atoms with Crippen molar-refractivity contribution in [2.45, 2.75) is 19.4 Å². The predicted molar refractivity (Wildman–Crippen MR) is 105 cm³/mol. The first-order chi connectivity index (χ1) is 13.1. The standard InChI is InChI=1S/C22H21N3O2/c1-15(19-10-4-5-12-23-19)24-22(27)17-13-21(26)25(14-17)20-11-6-8-16-7-2-3-9-18(16)20/h2-12,15,17H,13-14H2,1H3,(H,24,27). The molecule has 0 bridgehead atoms. The van der Waals surface area contributed by atoms with E-state index in [2.05, 4.69) is 10.3 Å². The highest BCUT2D eigenvalue weighted by atomic mass is 16.2. The third kappa shape index (κ3) is 3.40. The molecular weight excluding hydrogens is 338 g/mol. The van der Waals surface area contributed by atoms with Gasteiger partial charge in [0.05, 0.1) is 23.3 Å². The van der Waals surface area contributed by atoms with Gasteiger partial charge < -0.3 is 10.2 Å². The number of anilines is 1. The molecule has 0 spiro atoms. The van der Waals surface area contributed by atoms with Gasteiger partial charge in [0.2, 0.25) is 11.8 Å². The molecule has 5 heteroatoms. The summed E-state index contributed by atoms with van der Waals surface area (Å²) in [6.07, 6.45) is 1.93. The largest absolute Gasteiger partial charge is 0.348 e. The van der Waals surface area contributed by atoms with E-state index in [4.69, 9.17) is 0 Å².